The normalized spacial score (nSPS) is 12.4. The lowest BCUT2D eigenvalue weighted by Gasteiger charge is -2.15. The zero-order chi connectivity index (χ0) is 14.7. The monoisotopic (exact) mass is 275 g/mol. The van der Waals surface area contributed by atoms with Crippen LogP contribution in [0.3, 0.4) is 0 Å². The molecule has 2 aromatic carbocycles. The first-order valence-electron chi connectivity index (χ1n) is 6.83. The number of hydrogen-bond acceptors (Lipinski definition) is 1. The van der Waals surface area contributed by atoms with Crippen molar-refractivity contribution in [2.45, 2.75) is 32.7 Å². The summed E-state index contributed by atoms with van der Waals surface area (Å²) in [4.78, 5) is 0. The van der Waals surface area contributed by atoms with Gasteiger partial charge in [-0.15, -0.1) is 0 Å². The second kappa shape index (κ2) is 6.14. The number of hydrogen-bond donors (Lipinski definition) is 1. The van der Waals surface area contributed by atoms with Crippen LogP contribution < -0.4 is 5.73 Å². The van der Waals surface area contributed by atoms with Crippen LogP contribution in [0.25, 0.3) is 0 Å². The van der Waals surface area contributed by atoms with Gasteiger partial charge in [0.1, 0.15) is 11.6 Å². The van der Waals surface area contributed by atoms with E-state index in [2.05, 4.69) is 6.92 Å². The fourth-order valence-corrected chi connectivity index (χ4v) is 2.33. The molecule has 2 rings (SSSR count). The number of nitrogens with two attached hydrogens (primary N) is 1. The number of halogens is 2. The largest absolute Gasteiger partial charge is 0.320 e. The molecule has 1 atom stereocenters. The average molecular weight is 275 g/mol. The minimum atomic E-state index is -0.596. The molecule has 106 valence electrons. The molecular formula is C17H19F2N. The van der Waals surface area contributed by atoms with Crippen molar-refractivity contribution in [2.24, 2.45) is 5.73 Å². The number of aryl methyl sites for hydroxylation is 2. The Kier molecular flexibility index (Phi) is 4.50. The maximum Gasteiger partial charge on any atom is 0.131 e. The molecule has 0 aromatic heterocycles. The van der Waals surface area contributed by atoms with E-state index in [9.17, 15) is 8.78 Å². The van der Waals surface area contributed by atoms with Crippen molar-refractivity contribution in [1.82, 2.24) is 0 Å². The lowest BCUT2D eigenvalue weighted by molar-refractivity contribution is 0.561. The third-order valence-corrected chi connectivity index (χ3v) is 3.46. The van der Waals surface area contributed by atoms with E-state index in [-0.39, 0.29) is 0 Å². The smallest absolute Gasteiger partial charge is 0.131 e. The SMILES string of the molecule is CCCc1cccc(C(N)c2cc(C)c(F)cc2F)c1. The predicted molar refractivity (Wildman–Crippen MR) is 77.6 cm³/mol. The van der Waals surface area contributed by atoms with E-state index in [0.29, 0.717) is 11.1 Å². The summed E-state index contributed by atoms with van der Waals surface area (Å²) in [7, 11) is 0. The Hall–Kier alpha value is -1.74. The highest BCUT2D eigenvalue weighted by Crippen LogP contribution is 2.25. The summed E-state index contributed by atoms with van der Waals surface area (Å²) in [6.07, 6.45) is 2.01. The predicted octanol–water partition coefficient (Wildman–Crippen LogP) is 4.27. The average Bonchev–Trinajstić information content (AvgIpc) is 2.43. The van der Waals surface area contributed by atoms with Crippen molar-refractivity contribution in [2.75, 3.05) is 0 Å². The van der Waals surface area contributed by atoms with Gasteiger partial charge in [-0.05, 0) is 36.1 Å². The Morgan fingerprint density at radius 1 is 1.10 bits per heavy atom. The van der Waals surface area contributed by atoms with Crippen LogP contribution in [0.4, 0.5) is 8.78 Å². The summed E-state index contributed by atoms with van der Waals surface area (Å²) >= 11 is 0. The summed E-state index contributed by atoms with van der Waals surface area (Å²) in [5.74, 6) is -1.14. The van der Waals surface area contributed by atoms with Gasteiger partial charge in [-0.25, -0.2) is 8.78 Å². The lowest BCUT2D eigenvalue weighted by atomic mass is 9.95. The Morgan fingerprint density at radius 2 is 1.85 bits per heavy atom. The van der Waals surface area contributed by atoms with E-state index < -0.39 is 17.7 Å². The molecule has 0 heterocycles. The van der Waals surface area contributed by atoms with Crippen LogP contribution >= 0.6 is 0 Å². The Bertz CT molecular complexity index is 608. The fraction of sp³-hybridized carbons (Fsp3) is 0.294. The molecule has 0 bridgehead atoms. The first-order chi connectivity index (χ1) is 9.52. The van der Waals surface area contributed by atoms with Gasteiger partial charge in [0.2, 0.25) is 0 Å². The van der Waals surface area contributed by atoms with Crippen LogP contribution in [-0.4, -0.2) is 0 Å². The molecule has 0 radical (unpaired) electrons. The Labute approximate surface area is 118 Å². The first kappa shape index (κ1) is 14.7. The molecule has 0 amide bonds. The molecular weight excluding hydrogens is 256 g/mol. The van der Waals surface area contributed by atoms with Crippen molar-refractivity contribution in [3.05, 3.63) is 70.3 Å². The second-order valence-electron chi connectivity index (χ2n) is 5.10. The maximum atomic E-state index is 13.9. The molecule has 3 heteroatoms. The number of rotatable bonds is 4. The molecule has 0 saturated heterocycles. The molecule has 0 aliphatic carbocycles. The molecule has 1 nitrogen and oxygen atoms in total. The van der Waals surface area contributed by atoms with Crippen molar-refractivity contribution in [3.8, 4) is 0 Å². The zero-order valence-electron chi connectivity index (χ0n) is 11.8. The van der Waals surface area contributed by atoms with E-state index in [0.717, 1.165) is 24.5 Å². The standard InChI is InChI=1S/C17H19F2N/c1-3-5-12-6-4-7-13(9-12)17(20)14-8-11(2)15(18)10-16(14)19/h4,6-10,17H,3,5,20H2,1-2H3. The molecule has 0 aliphatic heterocycles. The highest BCUT2D eigenvalue weighted by molar-refractivity contribution is 5.36. The van der Waals surface area contributed by atoms with Gasteiger partial charge in [-0.3, -0.25) is 0 Å². The maximum absolute atomic E-state index is 13.9. The van der Waals surface area contributed by atoms with Crippen LogP contribution in [-0.2, 0) is 6.42 Å². The quantitative estimate of drug-likeness (QED) is 0.885. The van der Waals surface area contributed by atoms with Gasteiger partial charge in [0.15, 0.2) is 0 Å². The molecule has 0 spiro atoms. The van der Waals surface area contributed by atoms with E-state index in [1.807, 2.05) is 24.3 Å². The molecule has 2 N–H and O–H groups in total. The van der Waals surface area contributed by atoms with Crippen LogP contribution in [0.5, 0.6) is 0 Å². The molecule has 0 saturated carbocycles. The van der Waals surface area contributed by atoms with Gasteiger partial charge < -0.3 is 5.73 Å². The summed E-state index contributed by atoms with van der Waals surface area (Å²) < 4.78 is 27.2. The molecule has 1 unspecified atom stereocenters. The van der Waals surface area contributed by atoms with Gasteiger partial charge in [0.05, 0.1) is 6.04 Å². The Balaban J connectivity index is 2.38. The van der Waals surface area contributed by atoms with Crippen LogP contribution in [0.2, 0.25) is 0 Å². The van der Waals surface area contributed by atoms with Crippen LogP contribution in [0.15, 0.2) is 36.4 Å². The zero-order valence-corrected chi connectivity index (χ0v) is 11.8. The van der Waals surface area contributed by atoms with E-state index >= 15 is 0 Å². The second-order valence-corrected chi connectivity index (χ2v) is 5.10. The van der Waals surface area contributed by atoms with Gasteiger partial charge in [0, 0.05) is 11.6 Å². The fourth-order valence-electron chi connectivity index (χ4n) is 2.33. The molecule has 0 fully saturated rings. The summed E-state index contributed by atoms with van der Waals surface area (Å²) in [5.41, 5.74) is 8.90. The van der Waals surface area contributed by atoms with Gasteiger partial charge in [-0.2, -0.15) is 0 Å². The minimum Gasteiger partial charge on any atom is -0.320 e. The summed E-state index contributed by atoms with van der Waals surface area (Å²) in [6, 6.07) is 9.64. The highest BCUT2D eigenvalue weighted by Gasteiger charge is 2.16. The summed E-state index contributed by atoms with van der Waals surface area (Å²) in [5, 5.41) is 0. The Morgan fingerprint density at radius 3 is 2.55 bits per heavy atom. The molecule has 2 aromatic rings. The van der Waals surface area contributed by atoms with Gasteiger partial charge >= 0.3 is 0 Å². The first-order valence-corrected chi connectivity index (χ1v) is 6.83. The van der Waals surface area contributed by atoms with Crippen molar-refractivity contribution in [3.63, 3.8) is 0 Å². The van der Waals surface area contributed by atoms with Gasteiger partial charge in [0.25, 0.3) is 0 Å². The van der Waals surface area contributed by atoms with Crippen LogP contribution in [0.1, 0.15) is 41.6 Å². The van der Waals surface area contributed by atoms with Gasteiger partial charge in [-0.1, -0.05) is 37.6 Å². The molecule has 20 heavy (non-hydrogen) atoms. The molecule has 0 aliphatic rings. The van der Waals surface area contributed by atoms with Crippen molar-refractivity contribution in [1.29, 1.82) is 0 Å². The highest BCUT2D eigenvalue weighted by atomic mass is 19.1. The lowest BCUT2D eigenvalue weighted by Crippen LogP contribution is -2.14. The van der Waals surface area contributed by atoms with E-state index in [1.165, 1.54) is 11.6 Å². The van der Waals surface area contributed by atoms with E-state index in [4.69, 9.17) is 5.73 Å². The van der Waals surface area contributed by atoms with Crippen molar-refractivity contribution >= 4 is 0 Å². The summed E-state index contributed by atoms with van der Waals surface area (Å²) in [6.45, 7) is 3.72. The van der Waals surface area contributed by atoms with E-state index in [1.54, 1.807) is 6.92 Å². The third kappa shape index (κ3) is 3.05. The van der Waals surface area contributed by atoms with Crippen LogP contribution in [0, 0.1) is 18.6 Å². The van der Waals surface area contributed by atoms with Crippen molar-refractivity contribution < 1.29 is 8.78 Å². The topological polar surface area (TPSA) is 26.0 Å². The minimum absolute atomic E-state index is 0.331. The number of benzene rings is 2. The third-order valence-electron chi connectivity index (χ3n) is 3.46.